The first-order valence-corrected chi connectivity index (χ1v) is 6.19. The lowest BCUT2D eigenvalue weighted by Crippen LogP contribution is -2.49. The molecule has 4 rings (SSSR count). The number of aliphatic hydroxyl groups is 2. The highest BCUT2D eigenvalue weighted by Crippen LogP contribution is 2.40. The molecule has 9 heteroatoms. The highest BCUT2D eigenvalue weighted by atomic mass is 16.6. The lowest BCUT2D eigenvalue weighted by Gasteiger charge is -2.35. The number of hydrogen-bond donors (Lipinski definition) is 3. The van der Waals surface area contributed by atoms with Crippen LogP contribution in [0.25, 0.3) is 11.2 Å². The minimum Gasteiger partial charge on any atom is -0.387 e. The molecule has 2 saturated heterocycles. The Morgan fingerprint density at radius 1 is 1.35 bits per heavy atom. The minimum atomic E-state index is -1.24. The van der Waals surface area contributed by atoms with Crippen molar-refractivity contribution in [1.82, 2.24) is 19.5 Å². The molecule has 4 N–H and O–H groups in total. The summed E-state index contributed by atoms with van der Waals surface area (Å²) in [5.74, 6) is 0.242. The van der Waals surface area contributed by atoms with Crippen LogP contribution in [-0.2, 0) is 15.2 Å². The zero-order valence-corrected chi connectivity index (χ0v) is 10.4. The van der Waals surface area contributed by atoms with Crippen LogP contribution in [0.1, 0.15) is 0 Å². The van der Waals surface area contributed by atoms with Crippen LogP contribution in [0.4, 0.5) is 5.82 Å². The molecule has 4 heterocycles. The van der Waals surface area contributed by atoms with Crippen molar-refractivity contribution in [1.29, 1.82) is 0 Å². The minimum absolute atomic E-state index is 0.0943. The van der Waals surface area contributed by atoms with Crippen molar-refractivity contribution in [2.75, 3.05) is 18.9 Å². The van der Waals surface area contributed by atoms with Gasteiger partial charge in [0.1, 0.15) is 30.2 Å². The molecule has 0 amide bonds. The van der Waals surface area contributed by atoms with Crippen LogP contribution in [0.15, 0.2) is 12.7 Å². The van der Waals surface area contributed by atoms with Gasteiger partial charge in [0.05, 0.1) is 19.5 Å². The lowest BCUT2D eigenvalue weighted by molar-refractivity contribution is -0.221. The number of nitrogens with zero attached hydrogens (tertiary/aromatic N) is 4. The highest BCUT2D eigenvalue weighted by Gasteiger charge is 2.59. The Hall–Kier alpha value is -1.81. The van der Waals surface area contributed by atoms with E-state index in [1.807, 2.05) is 0 Å². The number of aromatic nitrogens is 4. The number of nitrogen functional groups attached to an aromatic ring is 1. The molecule has 0 aliphatic carbocycles. The maximum atomic E-state index is 10.3. The second-order valence-electron chi connectivity index (χ2n) is 5.00. The van der Waals surface area contributed by atoms with Gasteiger partial charge in [-0.15, -0.1) is 0 Å². The number of ether oxygens (including phenoxy) is 2. The van der Waals surface area contributed by atoms with Crippen molar-refractivity contribution < 1.29 is 19.7 Å². The molecule has 0 aromatic carbocycles. The van der Waals surface area contributed by atoms with Crippen molar-refractivity contribution >= 4 is 17.0 Å². The molecule has 2 aliphatic rings. The first kappa shape index (κ1) is 12.0. The number of hydrogen-bond acceptors (Lipinski definition) is 8. The number of aliphatic hydroxyl groups excluding tert-OH is 2. The van der Waals surface area contributed by atoms with E-state index in [0.717, 1.165) is 0 Å². The van der Waals surface area contributed by atoms with E-state index >= 15 is 0 Å². The molecule has 2 bridgehead atoms. The average molecular weight is 279 g/mol. The van der Waals surface area contributed by atoms with Gasteiger partial charge >= 0.3 is 0 Å². The Morgan fingerprint density at radius 2 is 2.20 bits per heavy atom. The summed E-state index contributed by atoms with van der Waals surface area (Å²) in [6.07, 6.45) is 0.0433. The lowest BCUT2D eigenvalue weighted by atomic mass is 10.0. The van der Waals surface area contributed by atoms with Gasteiger partial charge in [-0.1, -0.05) is 0 Å². The van der Waals surface area contributed by atoms with E-state index in [9.17, 15) is 10.2 Å². The molecule has 0 spiro atoms. The van der Waals surface area contributed by atoms with E-state index in [4.69, 9.17) is 15.2 Å². The molecule has 0 saturated carbocycles. The average Bonchev–Trinajstić information content (AvgIpc) is 2.97. The summed E-state index contributed by atoms with van der Waals surface area (Å²) < 4.78 is 12.8. The Balaban J connectivity index is 1.92. The fraction of sp³-hybridized carbons (Fsp3) is 0.545. The molecule has 20 heavy (non-hydrogen) atoms. The van der Waals surface area contributed by atoms with Crippen molar-refractivity contribution in [3.63, 3.8) is 0 Å². The number of anilines is 1. The molecule has 0 unspecified atom stereocenters. The molecule has 0 radical (unpaired) electrons. The topological polar surface area (TPSA) is 129 Å². The summed E-state index contributed by atoms with van der Waals surface area (Å²) in [5.41, 5.74) is 5.35. The van der Waals surface area contributed by atoms with Crippen LogP contribution < -0.4 is 5.73 Å². The molecule has 2 aliphatic heterocycles. The summed E-state index contributed by atoms with van der Waals surface area (Å²) in [7, 11) is 0. The van der Waals surface area contributed by atoms with E-state index < -0.39 is 24.0 Å². The summed E-state index contributed by atoms with van der Waals surface area (Å²) in [5, 5.41) is 20.4. The van der Waals surface area contributed by atoms with Crippen LogP contribution >= 0.6 is 0 Å². The molecule has 4 atom stereocenters. The first-order chi connectivity index (χ1) is 9.63. The van der Waals surface area contributed by atoms with Gasteiger partial charge in [0.15, 0.2) is 17.2 Å². The van der Waals surface area contributed by atoms with E-state index in [-0.39, 0.29) is 19.0 Å². The van der Waals surface area contributed by atoms with Crippen LogP contribution in [0, 0.1) is 0 Å². The third-order valence-electron chi connectivity index (χ3n) is 3.88. The fourth-order valence-electron chi connectivity index (χ4n) is 2.84. The Labute approximate surface area is 113 Å². The molecular weight excluding hydrogens is 266 g/mol. The zero-order valence-electron chi connectivity index (χ0n) is 10.4. The van der Waals surface area contributed by atoms with Crippen molar-refractivity contribution in [3.05, 3.63) is 12.7 Å². The number of imidazole rings is 1. The van der Waals surface area contributed by atoms with Crippen LogP contribution in [0.5, 0.6) is 0 Å². The monoisotopic (exact) mass is 279 g/mol. The van der Waals surface area contributed by atoms with E-state index in [0.29, 0.717) is 11.2 Å². The smallest absolute Gasteiger partial charge is 0.200 e. The van der Waals surface area contributed by atoms with Crippen molar-refractivity contribution in [2.24, 2.45) is 0 Å². The molecule has 9 nitrogen and oxygen atoms in total. The van der Waals surface area contributed by atoms with Crippen molar-refractivity contribution in [2.45, 2.75) is 24.0 Å². The predicted octanol–water partition coefficient (Wildman–Crippen LogP) is -1.79. The second-order valence-corrected chi connectivity index (χ2v) is 5.00. The fourth-order valence-corrected chi connectivity index (χ4v) is 2.84. The predicted molar refractivity (Wildman–Crippen MR) is 65.4 cm³/mol. The first-order valence-electron chi connectivity index (χ1n) is 6.19. The van der Waals surface area contributed by atoms with Crippen LogP contribution in [-0.4, -0.2) is 61.3 Å². The molecule has 2 fully saturated rings. The van der Waals surface area contributed by atoms with Gasteiger partial charge in [-0.2, -0.15) is 0 Å². The largest absolute Gasteiger partial charge is 0.387 e. The van der Waals surface area contributed by atoms with Crippen LogP contribution in [0.2, 0.25) is 0 Å². The van der Waals surface area contributed by atoms with Gasteiger partial charge in [0, 0.05) is 0 Å². The number of rotatable bonds is 1. The van der Waals surface area contributed by atoms with Gasteiger partial charge in [0.25, 0.3) is 0 Å². The standard InChI is InChI=1S/C11H13N5O4/c12-9-6-10(14-3-13-9)16(4-15-6)11-2-19-1-5(20-11)7(17)8(11)18/h3-5,7-8,17-18H,1-2H2,(H2,12,13,14)/t5-,7-,8-,11+/m1/s1. The quantitative estimate of drug-likeness (QED) is 0.558. The van der Waals surface area contributed by atoms with Gasteiger partial charge < -0.3 is 25.4 Å². The summed E-state index contributed by atoms with van der Waals surface area (Å²) in [6.45, 7) is 0.334. The van der Waals surface area contributed by atoms with E-state index in [2.05, 4.69) is 15.0 Å². The molecule has 2 aromatic heterocycles. The van der Waals surface area contributed by atoms with Gasteiger partial charge in [0.2, 0.25) is 0 Å². The summed E-state index contributed by atoms with van der Waals surface area (Å²) in [4.78, 5) is 12.1. The maximum Gasteiger partial charge on any atom is 0.200 e. The zero-order chi connectivity index (χ0) is 13.9. The molecular formula is C11H13N5O4. The van der Waals surface area contributed by atoms with Gasteiger partial charge in [-0.05, 0) is 0 Å². The van der Waals surface area contributed by atoms with Crippen molar-refractivity contribution in [3.8, 4) is 0 Å². The summed E-state index contributed by atoms with van der Waals surface area (Å²) >= 11 is 0. The maximum absolute atomic E-state index is 10.3. The molecule has 106 valence electrons. The third-order valence-corrected chi connectivity index (χ3v) is 3.88. The normalized spacial score (nSPS) is 36.6. The Morgan fingerprint density at radius 3 is 3.05 bits per heavy atom. The van der Waals surface area contributed by atoms with E-state index in [1.165, 1.54) is 12.7 Å². The van der Waals surface area contributed by atoms with Crippen LogP contribution in [0.3, 0.4) is 0 Å². The number of fused-ring (bicyclic) bond motifs is 3. The Bertz CT molecular complexity index is 676. The number of nitrogens with two attached hydrogens (primary N) is 1. The van der Waals surface area contributed by atoms with E-state index in [1.54, 1.807) is 4.57 Å². The third kappa shape index (κ3) is 1.32. The molecule has 2 aromatic rings. The van der Waals surface area contributed by atoms with Gasteiger partial charge in [-0.25, -0.2) is 15.0 Å². The SMILES string of the molecule is Nc1ncnc2c1ncn2[C@@]12COC[C@@H](O1)[C@@H](O)[C@H]2O. The highest BCUT2D eigenvalue weighted by molar-refractivity contribution is 5.81. The second kappa shape index (κ2) is 3.85. The van der Waals surface area contributed by atoms with Gasteiger partial charge in [-0.3, -0.25) is 4.57 Å². The Kier molecular flexibility index (Phi) is 2.31. The summed E-state index contributed by atoms with van der Waals surface area (Å²) in [6, 6.07) is 0.